The molecule has 9 heteroatoms. The van der Waals surface area contributed by atoms with Crippen molar-refractivity contribution in [2.45, 2.75) is 0 Å². The van der Waals surface area contributed by atoms with Crippen LogP contribution >= 0.6 is 0 Å². The fraction of sp³-hybridized carbons (Fsp3) is 0. The molecule has 8 rings (SSSR count). The number of hydrogen-bond donors (Lipinski definition) is 0. The number of aromatic nitrogens is 3. The first-order valence-electron chi connectivity index (χ1n) is 15.3. The summed E-state index contributed by atoms with van der Waals surface area (Å²) in [6.07, 6.45) is 0. The van der Waals surface area contributed by atoms with Gasteiger partial charge in [0, 0.05) is 27.5 Å². The summed E-state index contributed by atoms with van der Waals surface area (Å²) in [4.78, 5) is 14.6. The zero-order valence-corrected chi connectivity index (χ0v) is 25.7. The highest BCUT2D eigenvalue weighted by molar-refractivity contribution is 6.68. The molecule has 2 heterocycles. The lowest BCUT2D eigenvalue weighted by Gasteiger charge is -2.21. The third-order valence-corrected chi connectivity index (χ3v) is 8.64. The SMILES string of the molecule is [B]c1c([B])c([B])c(-c2ccc(-c3cccc4oc5cc(-c6nc(-c7ccccc7)nc(-c7ccccc7)n6)ccc5c34)cc2)c([B])c1[B]. The van der Waals surface area contributed by atoms with Crippen LogP contribution in [0.5, 0.6) is 0 Å². The van der Waals surface area contributed by atoms with Gasteiger partial charge in [0.2, 0.25) is 0 Å². The summed E-state index contributed by atoms with van der Waals surface area (Å²) in [7, 11) is 30.9. The highest BCUT2D eigenvalue weighted by atomic mass is 16.3. The van der Waals surface area contributed by atoms with Crippen molar-refractivity contribution < 1.29 is 4.42 Å². The molecular weight excluding hydrogens is 581 g/mol. The highest BCUT2D eigenvalue weighted by Gasteiger charge is 2.17. The Morgan fingerprint density at radius 2 is 0.896 bits per heavy atom. The Morgan fingerprint density at radius 3 is 1.48 bits per heavy atom. The molecule has 10 radical (unpaired) electrons. The smallest absolute Gasteiger partial charge is 0.164 e. The van der Waals surface area contributed by atoms with Gasteiger partial charge in [-0.25, -0.2) is 15.0 Å². The summed E-state index contributed by atoms with van der Waals surface area (Å²) in [5.41, 5.74) is 8.72. The van der Waals surface area contributed by atoms with E-state index in [0.717, 1.165) is 55.3 Å². The molecule has 4 nitrogen and oxygen atoms in total. The molecule has 0 aliphatic rings. The summed E-state index contributed by atoms with van der Waals surface area (Å²) >= 11 is 0. The Balaban J connectivity index is 1.22. The molecule has 0 spiro atoms. The predicted octanol–water partition coefficient (Wildman–Crippen LogP) is 4.08. The van der Waals surface area contributed by atoms with Gasteiger partial charge in [0.15, 0.2) is 17.5 Å². The van der Waals surface area contributed by atoms with Crippen LogP contribution in [-0.4, -0.2) is 54.2 Å². The van der Waals surface area contributed by atoms with Gasteiger partial charge in [-0.1, -0.05) is 114 Å². The minimum atomic E-state index is 0.191. The van der Waals surface area contributed by atoms with E-state index in [4.69, 9.17) is 58.6 Å². The van der Waals surface area contributed by atoms with E-state index in [1.807, 2.05) is 109 Å². The van der Waals surface area contributed by atoms with Gasteiger partial charge in [-0.05, 0) is 40.5 Å². The Kier molecular flexibility index (Phi) is 7.41. The average molecular weight is 601 g/mol. The highest BCUT2D eigenvalue weighted by Crippen LogP contribution is 2.38. The Bertz CT molecular complexity index is 2410. The predicted molar refractivity (Wildman–Crippen MR) is 201 cm³/mol. The molecule has 0 N–H and O–H groups in total. The van der Waals surface area contributed by atoms with Crippen LogP contribution in [0.25, 0.3) is 78.4 Å². The summed E-state index contributed by atoms with van der Waals surface area (Å²) in [6.45, 7) is 0. The second-order valence-corrected chi connectivity index (χ2v) is 11.6. The lowest BCUT2D eigenvalue weighted by atomic mass is 9.59. The van der Waals surface area contributed by atoms with E-state index in [2.05, 4.69) is 12.1 Å². The van der Waals surface area contributed by atoms with Crippen molar-refractivity contribution in [1.82, 2.24) is 15.0 Å². The van der Waals surface area contributed by atoms with Crippen LogP contribution in [0.3, 0.4) is 0 Å². The molecule has 0 saturated carbocycles. The van der Waals surface area contributed by atoms with E-state index in [0.29, 0.717) is 34.0 Å². The van der Waals surface area contributed by atoms with Gasteiger partial charge < -0.3 is 4.42 Å². The third-order valence-electron chi connectivity index (χ3n) is 8.64. The number of furan rings is 1. The fourth-order valence-corrected chi connectivity index (χ4v) is 6.12. The topological polar surface area (TPSA) is 51.8 Å². The average Bonchev–Trinajstić information content (AvgIpc) is 3.52. The van der Waals surface area contributed by atoms with Crippen LogP contribution in [0, 0.1) is 0 Å². The van der Waals surface area contributed by atoms with E-state index < -0.39 is 0 Å². The number of benzene rings is 6. The number of hydrogen-bond acceptors (Lipinski definition) is 4. The van der Waals surface area contributed by atoms with Crippen molar-refractivity contribution in [3.8, 4) is 56.4 Å². The molecule has 8 aromatic rings. The van der Waals surface area contributed by atoms with Gasteiger partial charge in [0.1, 0.15) is 50.4 Å². The molecule has 0 bridgehead atoms. The Hall–Kier alpha value is -5.55. The molecule has 48 heavy (non-hydrogen) atoms. The fourth-order valence-electron chi connectivity index (χ4n) is 6.12. The summed E-state index contributed by atoms with van der Waals surface area (Å²) in [6, 6.07) is 39.8. The molecule has 0 atom stereocenters. The zero-order valence-electron chi connectivity index (χ0n) is 25.7. The molecule has 212 valence electrons. The van der Waals surface area contributed by atoms with Gasteiger partial charge in [-0.2, -0.15) is 0 Å². The van der Waals surface area contributed by atoms with Gasteiger partial charge in [-0.3, -0.25) is 0 Å². The second kappa shape index (κ2) is 11.9. The molecule has 0 aliphatic heterocycles. The van der Waals surface area contributed by atoms with E-state index >= 15 is 0 Å². The van der Waals surface area contributed by atoms with Gasteiger partial charge in [0.05, 0.1) is 0 Å². The summed E-state index contributed by atoms with van der Waals surface area (Å²) in [5.74, 6) is 1.76. The molecule has 0 amide bonds. The quantitative estimate of drug-likeness (QED) is 0.280. The first kappa shape index (κ1) is 29.8. The van der Waals surface area contributed by atoms with E-state index in [-0.39, 0.29) is 16.4 Å². The minimum absolute atomic E-state index is 0.191. The van der Waals surface area contributed by atoms with Crippen molar-refractivity contribution in [2.24, 2.45) is 0 Å². The first-order valence-corrected chi connectivity index (χ1v) is 15.3. The molecule has 2 aromatic heterocycles. The van der Waals surface area contributed by atoms with Crippen LogP contribution in [0.1, 0.15) is 0 Å². The molecule has 6 aromatic carbocycles. The summed E-state index contributed by atoms with van der Waals surface area (Å²) < 4.78 is 6.42. The van der Waals surface area contributed by atoms with Crippen molar-refractivity contribution >= 4 is 88.5 Å². The van der Waals surface area contributed by atoms with Crippen LogP contribution < -0.4 is 27.3 Å². The molecule has 0 unspecified atom stereocenters. The standard InChI is InChI=1S/C39H20B5N3O/c40-32-30(33(41)35(43)36(44)34(32)42)22-16-14-21(15-17-22)26-12-7-13-28-31(26)27-19-18-25(20-29(27)48-28)39-46-37(23-8-3-1-4-9-23)45-38(47-39)24-10-5-2-6-11-24/h1-20H. The van der Waals surface area contributed by atoms with E-state index in [1.165, 1.54) is 0 Å². The Labute approximate surface area is 284 Å². The maximum absolute atomic E-state index is 6.42. The van der Waals surface area contributed by atoms with Crippen molar-refractivity contribution in [2.75, 3.05) is 0 Å². The van der Waals surface area contributed by atoms with Crippen molar-refractivity contribution in [3.63, 3.8) is 0 Å². The number of rotatable bonds is 5. The second-order valence-electron chi connectivity index (χ2n) is 11.6. The Morgan fingerprint density at radius 1 is 0.396 bits per heavy atom. The maximum Gasteiger partial charge on any atom is 0.164 e. The first-order chi connectivity index (χ1) is 23.4. The van der Waals surface area contributed by atoms with E-state index in [9.17, 15) is 0 Å². The third kappa shape index (κ3) is 5.07. The lowest BCUT2D eigenvalue weighted by Crippen LogP contribution is -2.55. The largest absolute Gasteiger partial charge is 0.456 e. The molecule has 0 fully saturated rings. The van der Waals surface area contributed by atoms with Crippen molar-refractivity contribution in [1.29, 1.82) is 0 Å². The van der Waals surface area contributed by atoms with Crippen LogP contribution in [0.15, 0.2) is 126 Å². The lowest BCUT2D eigenvalue weighted by molar-refractivity contribution is 0.669. The zero-order chi connectivity index (χ0) is 32.9. The normalized spacial score (nSPS) is 11.3. The van der Waals surface area contributed by atoms with Crippen molar-refractivity contribution in [3.05, 3.63) is 121 Å². The van der Waals surface area contributed by atoms with Gasteiger partial charge in [-0.15, -0.1) is 16.4 Å². The molecule has 0 saturated heterocycles. The van der Waals surface area contributed by atoms with Crippen LogP contribution in [-0.2, 0) is 0 Å². The minimum Gasteiger partial charge on any atom is -0.456 e. The number of nitrogens with zero attached hydrogens (tertiary/aromatic N) is 3. The monoisotopic (exact) mass is 601 g/mol. The van der Waals surface area contributed by atoms with Gasteiger partial charge >= 0.3 is 0 Å². The summed E-state index contributed by atoms with van der Waals surface area (Å²) in [5, 5.41) is 1.97. The molecular formula is C39H20B5N3O. The van der Waals surface area contributed by atoms with Crippen LogP contribution in [0.4, 0.5) is 0 Å². The van der Waals surface area contributed by atoms with Gasteiger partial charge in [0.25, 0.3) is 0 Å². The van der Waals surface area contributed by atoms with Crippen LogP contribution in [0.2, 0.25) is 0 Å². The molecule has 0 aliphatic carbocycles. The maximum atomic E-state index is 6.42. The van der Waals surface area contributed by atoms with E-state index in [1.54, 1.807) is 0 Å². The number of fused-ring (bicyclic) bond motifs is 3.